The van der Waals surface area contributed by atoms with Crippen LogP contribution in [0.15, 0.2) is 0 Å². The normalized spacial score (nSPS) is 18.8. The first kappa shape index (κ1) is 17.7. The predicted octanol–water partition coefficient (Wildman–Crippen LogP) is 0.507. The molecule has 122 valence electrons. The Balaban J connectivity index is 2.20. The number of carbonyl (C=O) groups excluding carboxylic acids is 1. The van der Waals surface area contributed by atoms with Crippen LogP contribution in [0.2, 0.25) is 0 Å². The summed E-state index contributed by atoms with van der Waals surface area (Å²) in [6.07, 6.45) is 0.815. The van der Waals surface area contributed by atoms with Crippen molar-refractivity contribution in [2.24, 2.45) is 5.92 Å². The highest BCUT2D eigenvalue weighted by atomic mass is 16.5. The van der Waals surface area contributed by atoms with Crippen molar-refractivity contribution in [3.8, 4) is 0 Å². The molecule has 1 saturated heterocycles. The van der Waals surface area contributed by atoms with E-state index >= 15 is 0 Å². The van der Waals surface area contributed by atoms with Gasteiger partial charge in [0.2, 0.25) is 0 Å². The molecule has 1 fully saturated rings. The number of aliphatic carboxylic acids is 1. The molecule has 0 radical (unpaired) electrons. The largest absolute Gasteiger partial charge is 0.481 e. The molecule has 0 aromatic rings. The molecule has 2 unspecified atom stereocenters. The topological polar surface area (TPSA) is 90.9 Å². The lowest BCUT2D eigenvalue weighted by atomic mass is 10.0. The highest BCUT2D eigenvalue weighted by Crippen LogP contribution is 2.06. The average molecular weight is 301 g/mol. The molecule has 7 heteroatoms. The van der Waals surface area contributed by atoms with E-state index in [0.29, 0.717) is 6.54 Å². The lowest BCUT2D eigenvalue weighted by molar-refractivity contribution is -0.138. The summed E-state index contributed by atoms with van der Waals surface area (Å²) in [5.41, 5.74) is 0. The second-order valence-electron chi connectivity index (χ2n) is 5.54. The van der Waals surface area contributed by atoms with E-state index < -0.39 is 5.97 Å². The number of urea groups is 1. The third-order valence-corrected chi connectivity index (χ3v) is 3.61. The zero-order valence-corrected chi connectivity index (χ0v) is 12.9. The Bertz CT molecular complexity index is 332. The lowest BCUT2D eigenvalue weighted by Crippen LogP contribution is -2.49. The van der Waals surface area contributed by atoms with Gasteiger partial charge in [-0.1, -0.05) is 13.3 Å². The van der Waals surface area contributed by atoms with Crippen LogP contribution in [0.4, 0.5) is 4.79 Å². The van der Waals surface area contributed by atoms with Crippen molar-refractivity contribution in [1.29, 1.82) is 0 Å². The molecular formula is C14H27N3O4. The quantitative estimate of drug-likeness (QED) is 0.607. The molecule has 0 aromatic carbocycles. The molecule has 0 spiro atoms. The van der Waals surface area contributed by atoms with Gasteiger partial charge < -0.3 is 20.5 Å². The van der Waals surface area contributed by atoms with Crippen LogP contribution in [0.1, 0.15) is 26.7 Å². The number of nitrogens with zero attached hydrogens (tertiary/aromatic N) is 1. The first-order valence-electron chi connectivity index (χ1n) is 7.57. The van der Waals surface area contributed by atoms with Gasteiger partial charge in [0.05, 0.1) is 13.2 Å². The van der Waals surface area contributed by atoms with Crippen LogP contribution in [-0.4, -0.2) is 67.4 Å². The van der Waals surface area contributed by atoms with Crippen LogP contribution >= 0.6 is 0 Å². The minimum Gasteiger partial charge on any atom is -0.481 e. The molecule has 3 N–H and O–H groups in total. The maximum absolute atomic E-state index is 11.8. The van der Waals surface area contributed by atoms with Gasteiger partial charge in [0, 0.05) is 38.6 Å². The van der Waals surface area contributed by atoms with Crippen molar-refractivity contribution in [2.45, 2.75) is 32.7 Å². The molecule has 2 atom stereocenters. The summed E-state index contributed by atoms with van der Waals surface area (Å²) in [6.45, 7) is 8.34. The Morgan fingerprint density at radius 1 is 1.33 bits per heavy atom. The summed E-state index contributed by atoms with van der Waals surface area (Å²) >= 11 is 0. The van der Waals surface area contributed by atoms with Crippen molar-refractivity contribution >= 4 is 12.0 Å². The monoisotopic (exact) mass is 301 g/mol. The van der Waals surface area contributed by atoms with Gasteiger partial charge in [0.1, 0.15) is 0 Å². The number of amides is 2. The van der Waals surface area contributed by atoms with E-state index in [1.54, 1.807) is 0 Å². The molecule has 2 amide bonds. The number of morpholine rings is 1. The summed E-state index contributed by atoms with van der Waals surface area (Å²) in [5.74, 6) is -0.854. The van der Waals surface area contributed by atoms with Gasteiger partial charge in [-0.25, -0.2) is 4.79 Å². The fourth-order valence-electron chi connectivity index (χ4n) is 2.34. The molecule has 0 bridgehead atoms. The van der Waals surface area contributed by atoms with E-state index in [-0.39, 0.29) is 24.4 Å². The first-order chi connectivity index (χ1) is 10.0. The number of ether oxygens (including phenoxy) is 1. The molecule has 7 nitrogen and oxygen atoms in total. The van der Waals surface area contributed by atoms with E-state index in [0.717, 1.165) is 39.3 Å². The van der Waals surface area contributed by atoms with Gasteiger partial charge in [-0.05, 0) is 12.8 Å². The number of rotatable bonds is 8. The van der Waals surface area contributed by atoms with Crippen LogP contribution in [0.3, 0.4) is 0 Å². The molecule has 1 rings (SSSR count). The number of hydrogen-bond acceptors (Lipinski definition) is 4. The van der Waals surface area contributed by atoms with E-state index in [1.165, 1.54) is 0 Å². The van der Waals surface area contributed by atoms with Gasteiger partial charge in [-0.15, -0.1) is 0 Å². The van der Waals surface area contributed by atoms with Crippen molar-refractivity contribution < 1.29 is 19.4 Å². The Morgan fingerprint density at radius 2 is 2.00 bits per heavy atom. The number of carboxylic acid groups (broad SMARTS) is 1. The van der Waals surface area contributed by atoms with Crippen LogP contribution < -0.4 is 10.6 Å². The van der Waals surface area contributed by atoms with Crippen molar-refractivity contribution in [3.05, 3.63) is 0 Å². The fourth-order valence-corrected chi connectivity index (χ4v) is 2.34. The summed E-state index contributed by atoms with van der Waals surface area (Å²) in [6, 6.07) is -0.192. The molecular weight excluding hydrogens is 274 g/mol. The molecule has 21 heavy (non-hydrogen) atoms. The second-order valence-corrected chi connectivity index (χ2v) is 5.54. The number of carboxylic acids is 1. The standard InChI is InChI=1S/C14H27N3O4/c1-3-12(8-13(18)19)9-15-14(20)16-11(2)10-17-4-6-21-7-5-17/h11-12H,3-10H2,1-2H3,(H,18,19)(H2,15,16,20). The molecule has 1 aliphatic heterocycles. The maximum atomic E-state index is 11.8. The van der Waals surface area contributed by atoms with Gasteiger partial charge in [-0.2, -0.15) is 0 Å². The zero-order chi connectivity index (χ0) is 15.7. The Kier molecular flexibility index (Phi) is 8.07. The SMILES string of the molecule is CCC(CNC(=O)NC(C)CN1CCOCC1)CC(=O)O. The molecule has 0 aliphatic carbocycles. The minimum absolute atomic E-state index is 0.0252. The third-order valence-electron chi connectivity index (χ3n) is 3.61. The molecule has 1 aliphatic rings. The average Bonchev–Trinajstić information content (AvgIpc) is 2.44. The van der Waals surface area contributed by atoms with E-state index in [2.05, 4.69) is 15.5 Å². The zero-order valence-electron chi connectivity index (χ0n) is 12.9. The number of hydrogen-bond donors (Lipinski definition) is 3. The van der Waals surface area contributed by atoms with Crippen LogP contribution in [0.25, 0.3) is 0 Å². The Labute approximate surface area is 126 Å². The first-order valence-corrected chi connectivity index (χ1v) is 7.57. The van der Waals surface area contributed by atoms with Crippen LogP contribution in [-0.2, 0) is 9.53 Å². The van der Waals surface area contributed by atoms with E-state index in [9.17, 15) is 9.59 Å². The highest BCUT2D eigenvalue weighted by Gasteiger charge is 2.16. The third kappa shape index (κ3) is 7.87. The van der Waals surface area contributed by atoms with Crippen molar-refractivity contribution in [1.82, 2.24) is 15.5 Å². The highest BCUT2D eigenvalue weighted by molar-refractivity contribution is 5.74. The van der Waals surface area contributed by atoms with E-state index in [4.69, 9.17) is 9.84 Å². The van der Waals surface area contributed by atoms with Crippen LogP contribution in [0.5, 0.6) is 0 Å². The van der Waals surface area contributed by atoms with E-state index in [1.807, 2.05) is 13.8 Å². The number of nitrogens with one attached hydrogen (secondary N) is 2. The lowest BCUT2D eigenvalue weighted by Gasteiger charge is -2.29. The molecule has 0 saturated carbocycles. The maximum Gasteiger partial charge on any atom is 0.315 e. The second kappa shape index (κ2) is 9.57. The summed E-state index contributed by atoms with van der Waals surface area (Å²) < 4.78 is 5.28. The summed E-state index contributed by atoms with van der Waals surface area (Å²) in [7, 11) is 0. The van der Waals surface area contributed by atoms with Gasteiger partial charge in [0.25, 0.3) is 0 Å². The Morgan fingerprint density at radius 3 is 2.57 bits per heavy atom. The van der Waals surface area contributed by atoms with Gasteiger partial charge in [-0.3, -0.25) is 9.69 Å². The summed E-state index contributed by atoms with van der Waals surface area (Å²) in [4.78, 5) is 24.7. The minimum atomic E-state index is -0.829. The Hall–Kier alpha value is -1.34. The van der Waals surface area contributed by atoms with Crippen LogP contribution in [0, 0.1) is 5.92 Å². The van der Waals surface area contributed by atoms with Crippen molar-refractivity contribution in [3.63, 3.8) is 0 Å². The molecule has 0 aromatic heterocycles. The predicted molar refractivity (Wildman–Crippen MR) is 79.3 cm³/mol. The van der Waals surface area contributed by atoms with Gasteiger partial charge in [0.15, 0.2) is 0 Å². The van der Waals surface area contributed by atoms with Crippen molar-refractivity contribution in [2.75, 3.05) is 39.4 Å². The summed E-state index contributed by atoms with van der Waals surface area (Å²) in [5, 5.41) is 14.4. The molecule has 1 heterocycles. The van der Waals surface area contributed by atoms with Gasteiger partial charge >= 0.3 is 12.0 Å². The number of carbonyl (C=O) groups is 2. The fraction of sp³-hybridized carbons (Fsp3) is 0.857. The smallest absolute Gasteiger partial charge is 0.315 e.